The van der Waals surface area contributed by atoms with Crippen molar-refractivity contribution in [2.75, 3.05) is 35.1 Å². The number of hydrogen-bond acceptors (Lipinski definition) is 8. The molecule has 0 unspecified atom stereocenters. The molecule has 2 aliphatic rings. The van der Waals surface area contributed by atoms with Gasteiger partial charge in [-0.15, -0.1) is 0 Å². The van der Waals surface area contributed by atoms with Gasteiger partial charge in [-0.3, -0.25) is 14.1 Å². The zero-order valence-electron chi connectivity index (χ0n) is 25.0. The molecule has 1 aromatic carbocycles. The Morgan fingerprint density at radius 3 is 2.51 bits per heavy atom. The normalized spacial score (nSPS) is 19.8. The predicted octanol–water partition coefficient (Wildman–Crippen LogP) is 4.29. The fourth-order valence-corrected chi connectivity index (χ4v) is 7.02. The number of aromatic nitrogens is 3. The van der Waals surface area contributed by atoms with Gasteiger partial charge in [0.25, 0.3) is 5.91 Å². The van der Waals surface area contributed by atoms with Gasteiger partial charge in [0.15, 0.2) is 0 Å². The second kappa shape index (κ2) is 10.9. The van der Waals surface area contributed by atoms with E-state index in [4.69, 9.17) is 14.7 Å². The summed E-state index contributed by atoms with van der Waals surface area (Å²) in [7, 11) is -3.47. The highest BCUT2D eigenvalue weighted by Crippen LogP contribution is 2.42. The van der Waals surface area contributed by atoms with Crippen LogP contribution in [0.15, 0.2) is 60.8 Å². The Morgan fingerprint density at radius 1 is 1.02 bits per heavy atom. The Kier molecular flexibility index (Phi) is 7.34. The Labute approximate surface area is 252 Å². The number of rotatable bonds is 6. The summed E-state index contributed by atoms with van der Waals surface area (Å²) < 4.78 is 32.1. The van der Waals surface area contributed by atoms with Crippen molar-refractivity contribution in [1.29, 1.82) is 0 Å². The minimum atomic E-state index is -3.47. The molecule has 0 bridgehead atoms. The van der Waals surface area contributed by atoms with Gasteiger partial charge in [0, 0.05) is 42.2 Å². The van der Waals surface area contributed by atoms with E-state index in [1.807, 2.05) is 56.3 Å². The lowest BCUT2D eigenvalue weighted by Gasteiger charge is -2.36. The van der Waals surface area contributed by atoms with Crippen LogP contribution in [0.3, 0.4) is 0 Å². The molecule has 4 aromatic rings. The predicted molar refractivity (Wildman–Crippen MR) is 168 cm³/mol. The highest BCUT2D eigenvalue weighted by molar-refractivity contribution is 7.92. The van der Waals surface area contributed by atoms with Crippen molar-refractivity contribution in [3.05, 3.63) is 77.6 Å². The summed E-state index contributed by atoms with van der Waals surface area (Å²) in [6.45, 7) is 10.2. The van der Waals surface area contributed by atoms with Gasteiger partial charge in [-0.05, 0) is 61.9 Å². The molecule has 3 aromatic heterocycles. The number of benzene rings is 1. The van der Waals surface area contributed by atoms with Crippen LogP contribution in [0.1, 0.15) is 49.3 Å². The monoisotopic (exact) mass is 600 g/mol. The van der Waals surface area contributed by atoms with Gasteiger partial charge in [-0.1, -0.05) is 26.0 Å². The van der Waals surface area contributed by atoms with Crippen LogP contribution in [-0.2, 0) is 26.7 Å². The van der Waals surface area contributed by atoms with Crippen molar-refractivity contribution in [2.24, 2.45) is 0 Å². The number of carbonyl (C=O) groups excluding carboxylic acids is 1. The summed E-state index contributed by atoms with van der Waals surface area (Å²) in [6, 6.07) is 17.0. The maximum Gasteiger partial charge on any atom is 0.251 e. The number of hydrogen-bond donors (Lipinski definition) is 1. The van der Waals surface area contributed by atoms with Crippen LogP contribution in [0.25, 0.3) is 22.3 Å². The van der Waals surface area contributed by atoms with Crippen LogP contribution in [0.2, 0.25) is 0 Å². The number of nitrogens with one attached hydrogen (secondary N) is 1. The van der Waals surface area contributed by atoms with Gasteiger partial charge >= 0.3 is 0 Å². The van der Waals surface area contributed by atoms with Crippen molar-refractivity contribution < 1.29 is 17.9 Å². The first-order valence-electron chi connectivity index (χ1n) is 14.4. The van der Waals surface area contributed by atoms with Crippen molar-refractivity contribution in [3.8, 4) is 11.4 Å². The van der Waals surface area contributed by atoms with Crippen molar-refractivity contribution in [2.45, 2.75) is 51.9 Å². The number of nitrogens with zero attached hydrogens (tertiary/aromatic N) is 5. The molecule has 224 valence electrons. The van der Waals surface area contributed by atoms with E-state index >= 15 is 0 Å². The van der Waals surface area contributed by atoms with Crippen LogP contribution in [0.5, 0.6) is 0 Å². The minimum Gasteiger partial charge on any atom is -0.372 e. The van der Waals surface area contributed by atoms with Crippen LogP contribution < -0.4 is 14.5 Å². The molecule has 2 aliphatic heterocycles. The van der Waals surface area contributed by atoms with Gasteiger partial charge in [0.05, 0.1) is 53.3 Å². The molecule has 0 radical (unpaired) electrons. The van der Waals surface area contributed by atoms with Crippen molar-refractivity contribution in [1.82, 2.24) is 20.3 Å². The summed E-state index contributed by atoms with van der Waals surface area (Å²) in [5.74, 6) is 0.589. The van der Waals surface area contributed by atoms with E-state index < -0.39 is 10.0 Å². The van der Waals surface area contributed by atoms with E-state index in [2.05, 4.69) is 29.0 Å². The molecule has 0 aliphatic carbocycles. The van der Waals surface area contributed by atoms with Gasteiger partial charge in [-0.2, -0.15) is 0 Å². The van der Waals surface area contributed by atoms with Gasteiger partial charge in [0.1, 0.15) is 5.82 Å². The van der Waals surface area contributed by atoms with E-state index in [9.17, 15) is 13.2 Å². The third-order valence-electron chi connectivity index (χ3n) is 8.00. The second-order valence-corrected chi connectivity index (χ2v) is 14.1. The second-order valence-electron chi connectivity index (χ2n) is 12.2. The maximum absolute atomic E-state index is 13.1. The zero-order chi connectivity index (χ0) is 30.5. The minimum absolute atomic E-state index is 0.136. The SMILES string of the molecule is C[C@@H]1CN(c2cccc(-c3ccc4cnc(CNC(=O)c5ccc6c(c5)N(S(C)(=O)=O)CC6(C)C)cc4n3)n2)C[C@H](C)O1. The highest BCUT2D eigenvalue weighted by Gasteiger charge is 2.39. The molecule has 0 spiro atoms. The third kappa shape index (κ3) is 5.92. The number of fused-ring (bicyclic) bond motifs is 2. The Bertz CT molecular complexity index is 1820. The quantitative estimate of drug-likeness (QED) is 0.348. The summed E-state index contributed by atoms with van der Waals surface area (Å²) >= 11 is 0. The summed E-state index contributed by atoms with van der Waals surface area (Å²) in [4.78, 5) is 29.6. The highest BCUT2D eigenvalue weighted by atomic mass is 32.2. The first kappa shape index (κ1) is 29.0. The van der Waals surface area contributed by atoms with Crippen molar-refractivity contribution >= 4 is 38.3 Å². The average molecular weight is 601 g/mol. The van der Waals surface area contributed by atoms with Crippen LogP contribution in [0.4, 0.5) is 11.5 Å². The first-order chi connectivity index (χ1) is 20.4. The van der Waals surface area contributed by atoms with Crippen LogP contribution in [-0.4, -0.2) is 67.4 Å². The summed E-state index contributed by atoms with van der Waals surface area (Å²) in [5, 5.41) is 3.80. The standard InChI is InChI=1S/C32H36N6O4S/c1-20-17-37(18-21(2)42-20)30-8-6-7-26(36-30)27-12-10-23-15-33-24(14-28(23)35-27)16-34-31(39)22-9-11-25-29(13-22)38(43(5,40)41)19-32(25,3)4/h6-15,20-21H,16-19H2,1-5H3,(H,34,39)/t20-,21+. The van der Waals surface area contributed by atoms with Gasteiger partial charge < -0.3 is 15.0 Å². The molecular weight excluding hydrogens is 564 g/mol. The molecule has 10 nitrogen and oxygen atoms in total. The van der Waals surface area contributed by atoms with E-state index in [1.165, 1.54) is 10.6 Å². The molecular formula is C32H36N6O4S. The number of amides is 1. The molecule has 11 heteroatoms. The number of ether oxygens (including phenoxy) is 1. The Hall–Kier alpha value is -4.09. The molecule has 5 heterocycles. The van der Waals surface area contributed by atoms with Crippen LogP contribution >= 0.6 is 0 Å². The summed E-state index contributed by atoms with van der Waals surface area (Å²) in [6.07, 6.45) is 3.20. The topological polar surface area (TPSA) is 118 Å². The van der Waals surface area contributed by atoms with E-state index in [1.54, 1.807) is 18.3 Å². The molecule has 1 fully saturated rings. The zero-order valence-corrected chi connectivity index (χ0v) is 25.9. The molecule has 1 saturated heterocycles. The number of sulfonamides is 1. The molecule has 1 amide bonds. The lowest BCUT2D eigenvalue weighted by molar-refractivity contribution is -0.00545. The lowest BCUT2D eigenvalue weighted by Crippen LogP contribution is -2.45. The number of pyridine rings is 3. The van der Waals surface area contributed by atoms with Crippen LogP contribution in [0, 0.1) is 0 Å². The number of morpholine rings is 1. The average Bonchev–Trinajstić information content (AvgIpc) is 3.25. The molecule has 0 saturated carbocycles. The van der Waals surface area contributed by atoms with Crippen molar-refractivity contribution in [3.63, 3.8) is 0 Å². The third-order valence-corrected chi connectivity index (χ3v) is 9.12. The Morgan fingerprint density at radius 2 is 1.77 bits per heavy atom. The molecule has 6 rings (SSSR count). The fourth-order valence-electron chi connectivity index (χ4n) is 5.95. The van der Waals surface area contributed by atoms with Gasteiger partial charge in [-0.25, -0.2) is 18.4 Å². The molecule has 43 heavy (non-hydrogen) atoms. The lowest BCUT2D eigenvalue weighted by atomic mass is 9.86. The number of carbonyl (C=O) groups is 1. The van der Waals surface area contributed by atoms with E-state index in [0.29, 0.717) is 23.5 Å². The van der Waals surface area contributed by atoms with E-state index in [-0.39, 0.29) is 30.1 Å². The van der Waals surface area contributed by atoms with E-state index in [0.717, 1.165) is 46.8 Å². The fraction of sp³-hybridized carbons (Fsp3) is 0.375. The molecule has 2 atom stereocenters. The molecule has 1 N–H and O–H groups in total. The Balaban J connectivity index is 1.20. The first-order valence-corrected chi connectivity index (χ1v) is 16.3. The summed E-state index contributed by atoms with van der Waals surface area (Å²) in [5.41, 5.74) is 4.44. The van der Waals surface area contributed by atoms with Gasteiger partial charge in [0.2, 0.25) is 10.0 Å². The largest absolute Gasteiger partial charge is 0.372 e. The maximum atomic E-state index is 13.1. The number of anilines is 2. The smallest absolute Gasteiger partial charge is 0.251 e.